The molecule has 2 heterocycles. The third-order valence-corrected chi connectivity index (χ3v) is 2.80. The van der Waals surface area contributed by atoms with Gasteiger partial charge < -0.3 is 9.15 Å². The SMILES string of the molecule is COc1cc(-c2ccco2)cc(-n2nnnc2C)c1. The van der Waals surface area contributed by atoms with Gasteiger partial charge in [0.05, 0.1) is 19.1 Å². The van der Waals surface area contributed by atoms with Gasteiger partial charge in [-0.15, -0.1) is 5.10 Å². The molecule has 19 heavy (non-hydrogen) atoms. The summed E-state index contributed by atoms with van der Waals surface area (Å²) in [5, 5.41) is 11.5. The van der Waals surface area contributed by atoms with Crippen LogP contribution in [0.1, 0.15) is 5.82 Å². The molecule has 0 saturated heterocycles. The maximum Gasteiger partial charge on any atom is 0.153 e. The lowest BCUT2D eigenvalue weighted by molar-refractivity contribution is 0.414. The fourth-order valence-electron chi connectivity index (χ4n) is 1.88. The van der Waals surface area contributed by atoms with E-state index in [0.717, 1.165) is 22.8 Å². The summed E-state index contributed by atoms with van der Waals surface area (Å²) in [6, 6.07) is 9.46. The van der Waals surface area contributed by atoms with Crippen molar-refractivity contribution >= 4 is 0 Å². The molecule has 96 valence electrons. The molecule has 6 nitrogen and oxygen atoms in total. The van der Waals surface area contributed by atoms with Crippen molar-refractivity contribution in [3.63, 3.8) is 0 Å². The van der Waals surface area contributed by atoms with Crippen LogP contribution in [0.4, 0.5) is 0 Å². The minimum Gasteiger partial charge on any atom is -0.497 e. The van der Waals surface area contributed by atoms with Gasteiger partial charge in [-0.05, 0) is 41.6 Å². The van der Waals surface area contributed by atoms with Crippen molar-refractivity contribution in [3.8, 4) is 22.8 Å². The summed E-state index contributed by atoms with van der Waals surface area (Å²) in [6.45, 7) is 1.84. The molecule has 0 aliphatic carbocycles. The lowest BCUT2D eigenvalue weighted by atomic mass is 10.1. The molecule has 0 atom stereocenters. The zero-order valence-corrected chi connectivity index (χ0v) is 10.6. The van der Waals surface area contributed by atoms with E-state index in [0.29, 0.717) is 5.82 Å². The molecule has 0 aliphatic rings. The van der Waals surface area contributed by atoms with Crippen LogP contribution in [0.15, 0.2) is 41.0 Å². The van der Waals surface area contributed by atoms with Crippen molar-refractivity contribution in [2.45, 2.75) is 6.92 Å². The van der Waals surface area contributed by atoms with Crippen LogP contribution < -0.4 is 4.74 Å². The van der Waals surface area contributed by atoms with Crippen LogP contribution in [0.5, 0.6) is 5.75 Å². The van der Waals surface area contributed by atoms with Crippen molar-refractivity contribution in [1.82, 2.24) is 20.2 Å². The average molecular weight is 256 g/mol. The highest BCUT2D eigenvalue weighted by molar-refractivity contribution is 5.63. The molecule has 0 aliphatic heterocycles. The van der Waals surface area contributed by atoms with Crippen molar-refractivity contribution in [1.29, 1.82) is 0 Å². The third kappa shape index (κ3) is 2.08. The molecule has 0 N–H and O–H groups in total. The number of furan rings is 1. The van der Waals surface area contributed by atoms with Crippen LogP contribution in [0.3, 0.4) is 0 Å². The van der Waals surface area contributed by atoms with Gasteiger partial charge in [0, 0.05) is 11.6 Å². The number of aryl methyl sites for hydroxylation is 1. The number of nitrogens with zero attached hydrogens (tertiary/aromatic N) is 4. The van der Waals surface area contributed by atoms with Gasteiger partial charge in [0.15, 0.2) is 5.82 Å². The first kappa shape index (κ1) is 11.5. The monoisotopic (exact) mass is 256 g/mol. The Kier molecular flexibility index (Phi) is 2.75. The first-order valence-electron chi connectivity index (χ1n) is 5.76. The van der Waals surface area contributed by atoms with Gasteiger partial charge in [-0.1, -0.05) is 0 Å². The molecule has 0 unspecified atom stereocenters. The van der Waals surface area contributed by atoms with Gasteiger partial charge in [-0.3, -0.25) is 0 Å². The maximum atomic E-state index is 5.41. The molecule has 0 radical (unpaired) electrons. The Morgan fingerprint density at radius 1 is 1.26 bits per heavy atom. The summed E-state index contributed by atoms with van der Waals surface area (Å²) in [7, 11) is 1.62. The summed E-state index contributed by atoms with van der Waals surface area (Å²) in [5.74, 6) is 2.20. The minimum absolute atomic E-state index is 0.707. The Morgan fingerprint density at radius 2 is 2.16 bits per heavy atom. The number of rotatable bonds is 3. The third-order valence-electron chi connectivity index (χ3n) is 2.80. The molecule has 0 amide bonds. The molecule has 0 bridgehead atoms. The first-order valence-corrected chi connectivity index (χ1v) is 5.76. The summed E-state index contributed by atoms with van der Waals surface area (Å²) < 4.78 is 12.4. The Bertz CT molecular complexity index is 688. The molecule has 0 spiro atoms. The van der Waals surface area contributed by atoms with Crippen LogP contribution >= 0.6 is 0 Å². The van der Waals surface area contributed by atoms with Gasteiger partial charge in [0.2, 0.25) is 0 Å². The maximum absolute atomic E-state index is 5.41. The summed E-state index contributed by atoms with van der Waals surface area (Å²) in [5.41, 5.74) is 1.74. The van der Waals surface area contributed by atoms with Crippen LogP contribution in [-0.4, -0.2) is 27.3 Å². The molecule has 2 aromatic heterocycles. The van der Waals surface area contributed by atoms with Crippen LogP contribution in [0.2, 0.25) is 0 Å². The summed E-state index contributed by atoms with van der Waals surface area (Å²) >= 11 is 0. The minimum atomic E-state index is 0.707. The van der Waals surface area contributed by atoms with E-state index < -0.39 is 0 Å². The quantitative estimate of drug-likeness (QED) is 0.719. The Labute approximate surface area is 109 Å². The predicted molar refractivity (Wildman–Crippen MR) is 68.1 cm³/mol. The number of ether oxygens (including phenoxy) is 1. The van der Waals surface area contributed by atoms with E-state index in [9.17, 15) is 0 Å². The van der Waals surface area contributed by atoms with E-state index in [4.69, 9.17) is 9.15 Å². The molecule has 3 aromatic rings. The van der Waals surface area contributed by atoms with E-state index in [1.54, 1.807) is 18.1 Å². The Hall–Kier alpha value is -2.63. The molecular weight excluding hydrogens is 244 g/mol. The normalized spacial score (nSPS) is 10.6. The van der Waals surface area contributed by atoms with Gasteiger partial charge in [-0.2, -0.15) is 4.68 Å². The van der Waals surface area contributed by atoms with Crippen molar-refractivity contribution in [2.75, 3.05) is 7.11 Å². The fourth-order valence-corrected chi connectivity index (χ4v) is 1.88. The Balaban J connectivity index is 2.16. The molecule has 3 rings (SSSR count). The van der Waals surface area contributed by atoms with Crippen molar-refractivity contribution in [3.05, 3.63) is 42.4 Å². The van der Waals surface area contributed by atoms with E-state index in [-0.39, 0.29) is 0 Å². The van der Waals surface area contributed by atoms with Gasteiger partial charge in [0.25, 0.3) is 0 Å². The largest absolute Gasteiger partial charge is 0.497 e. The highest BCUT2D eigenvalue weighted by Gasteiger charge is 2.10. The number of hydrogen-bond donors (Lipinski definition) is 0. The average Bonchev–Trinajstić information content (AvgIpc) is 3.09. The van der Waals surface area contributed by atoms with E-state index in [1.165, 1.54) is 0 Å². The highest BCUT2D eigenvalue weighted by atomic mass is 16.5. The van der Waals surface area contributed by atoms with E-state index >= 15 is 0 Å². The highest BCUT2D eigenvalue weighted by Crippen LogP contribution is 2.28. The van der Waals surface area contributed by atoms with Crippen LogP contribution in [0.25, 0.3) is 17.0 Å². The van der Waals surface area contributed by atoms with Crippen molar-refractivity contribution < 1.29 is 9.15 Å². The fraction of sp³-hybridized carbons (Fsp3) is 0.154. The number of benzene rings is 1. The molecule has 6 heteroatoms. The second-order valence-corrected chi connectivity index (χ2v) is 4.03. The number of tetrazole rings is 1. The van der Waals surface area contributed by atoms with Gasteiger partial charge in [-0.25, -0.2) is 0 Å². The van der Waals surface area contributed by atoms with Gasteiger partial charge in [0.1, 0.15) is 11.5 Å². The first-order chi connectivity index (χ1) is 9.28. The number of methoxy groups -OCH3 is 1. The van der Waals surface area contributed by atoms with E-state index in [1.807, 2.05) is 37.3 Å². The zero-order chi connectivity index (χ0) is 13.2. The number of aromatic nitrogens is 4. The van der Waals surface area contributed by atoms with Gasteiger partial charge >= 0.3 is 0 Å². The zero-order valence-electron chi connectivity index (χ0n) is 10.6. The molecule has 0 saturated carbocycles. The molecule has 1 aromatic carbocycles. The second-order valence-electron chi connectivity index (χ2n) is 4.03. The second kappa shape index (κ2) is 4.56. The molecular formula is C13H12N4O2. The summed E-state index contributed by atoms with van der Waals surface area (Å²) in [6.07, 6.45) is 1.64. The smallest absolute Gasteiger partial charge is 0.153 e. The lowest BCUT2D eigenvalue weighted by Gasteiger charge is -2.08. The molecule has 0 fully saturated rings. The van der Waals surface area contributed by atoms with Crippen molar-refractivity contribution in [2.24, 2.45) is 0 Å². The number of hydrogen-bond acceptors (Lipinski definition) is 5. The summed E-state index contributed by atoms with van der Waals surface area (Å²) in [4.78, 5) is 0. The standard InChI is InChI=1S/C13H12N4O2/c1-9-14-15-16-17(9)11-6-10(7-12(8-11)18-2)13-4-3-5-19-13/h3-8H,1-2H3. The topological polar surface area (TPSA) is 66.0 Å². The van der Waals surface area contributed by atoms with Crippen LogP contribution in [-0.2, 0) is 0 Å². The Morgan fingerprint density at radius 3 is 2.79 bits per heavy atom. The predicted octanol–water partition coefficient (Wildman–Crippen LogP) is 2.24. The van der Waals surface area contributed by atoms with E-state index in [2.05, 4.69) is 15.5 Å². The van der Waals surface area contributed by atoms with Crippen LogP contribution in [0, 0.1) is 6.92 Å². The lowest BCUT2D eigenvalue weighted by Crippen LogP contribution is -2.00.